The SMILES string of the molecule is CC1=CC[C@@H]2C(=O)N(c3ccc(C(=O)Nc4ccc(C(=O)OCC(=O)c5ccc([N+](=O)[O-])cc5)cc4)cc3)C(=O)[C@H]2C1. The molecule has 1 heterocycles. The fraction of sp³-hybridized carbons (Fsp3) is 0.194. The van der Waals surface area contributed by atoms with Crippen LogP contribution >= 0.6 is 0 Å². The van der Waals surface area contributed by atoms with E-state index in [9.17, 15) is 34.1 Å². The van der Waals surface area contributed by atoms with E-state index in [4.69, 9.17) is 4.74 Å². The lowest BCUT2D eigenvalue weighted by Crippen LogP contribution is -2.30. The number of rotatable bonds is 8. The standard InChI is InChI=1S/C31H25N3O8/c1-18-2-15-25-26(16-18)30(38)33(29(25)37)23-11-7-20(8-12-23)28(36)32-22-9-3-21(4-10-22)31(39)42-17-27(35)19-5-13-24(14-6-19)34(40)41/h2-14,25-26H,15-17H2,1H3,(H,32,36)/t25-,26-/m0/s1. The number of fused-ring (bicyclic) bond motifs is 1. The van der Waals surface area contributed by atoms with Crippen molar-refractivity contribution in [2.24, 2.45) is 11.8 Å². The summed E-state index contributed by atoms with van der Waals surface area (Å²) < 4.78 is 5.05. The lowest BCUT2D eigenvalue weighted by molar-refractivity contribution is -0.384. The molecule has 212 valence electrons. The van der Waals surface area contributed by atoms with Crippen LogP contribution in [0.25, 0.3) is 0 Å². The van der Waals surface area contributed by atoms with Gasteiger partial charge in [-0.2, -0.15) is 0 Å². The van der Waals surface area contributed by atoms with Crippen LogP contribution < -0.4 is 10.2 Å². The Hall–Kier alpha value is -5.45. The van der Waals surface area contributed by atoms with Gasteiger partial charge in [0.25, 0.3) is 11.6 Å². The van der Waals surface area contributed by atoms with Crippen molar-refractivity contribution < 1.29 is 33.6 Å². The van der Waals surface area contributed by atoms with Crippen molar-refractivity contribution in [3.63, 3.8) is 0 Å². The van der Waals surface area contributed by atoms with Gasteiger partial charge in [-0.25, -0.2) is 4.79 Å². The minimum Gasteiger partial charge on any atom is -0.454 e. The maximum atomic E-state index is 12.9. The second-order valence-corrected chi connectivity index (χ2v) is 10.1. The van der Waals surface area contributed by atoms with Crippen molar-refractivity contribution in [1.82, 2.24) is 0 Å². The number of benzene rings is 3. The van der Waals surface area contributed by atoms with E-state index in [1.54, 1.807) is 12.1 Å². The first-order valence-electron chi connectivity index (χ1n) is 13.1. The Morgan fingerprint density at radius 2 is 1.48 bits per heavy atom. The normalized spacial score (nSPS) is 17.7. The molecule has 5 rings (SSSR count). The third-order valence-corrected chi connectivity index (χ3v) is 7.32. The van der Waals surface area contributed by atoms with Gasteiger partial charge in [0.1, 0.15) is 0 Å². The van der Waals surface area contributed by atoms with E-state index < -0.39 is 29.2 Å². The summed E-state index contributed by atoms with van der Waals surface area (Å²) in [4.78, 5) is 74.6. The number of nitrogens with zero attached hydrogens (tertiary/aromatic N) is 2. The highest BCUT2D eigenvalue weighted by Gasteiger charge is 2.48. The van der Waals surface area contributed by atoms with E-state index in [1.807, 2.05) is 13.0 Å². The van der Waals surface area contributed by atoms with Crippen LogP contribution in [0.15, 0.2) is 84.4 Å². The van der Waals surface area contributed by atoms with Crippen LogP contribution in [0, 0.1) is 22.0 Å². The van der Waals surface area contributed by atoms with Crippen molar-refractivity contribution in [1.29, 1.82) is 0 Å². The number of ether oxygens (including phenoxy) is 1. The first kappa shape index (κ1) is 28.1. The molecular formula is C31H25N3O8. The van der Waals surface area contributed by atoms with Gasteiger partial charge in [0.05, 0.1) is 28.0 Å². The number of carbonyl (C=O) groups is 5. The summed E-state index contributed by atoms with van der Waals surface area (Å²) >= 11 is 0. The van der Waals surface area contributed by atoms with Gasteiger partial charge in [-0.1, -0.05) is 11.6 Å². The topological polar surface area (TPSA) is 153 Å². The molecule has 42 heavy (non-hydrogen) atoms. The predicted molar refractivity (Wildman–Crippen MR) is 151 cm³/mol. The van der Waals surface area contributed by atoms with Gasteiger partial charge < -0.3 is 10.1 Å². The molecule has 0 saturated carbocycles. The largest absolute Gasteiger partial charge is 0.454 e. The minimum absolute atomic E-state index is 0.153. The lowest BCUT2D eigenvalue weighted by atomic mass is 9.82. The number of ketones is 1. The molecule has 0 radical (unpaired) electrons. The van der Waals surface area contributed by atoms with Gasteiger partial charge in [0, 0.05) is 28.9 Å². The smallest absolute Gasteiger partial charge is 0.338 e. The minimum atomic E-state index is -0.754. The molecule has 0 spiro atoms. The number of Topliss-reactive ketones (excluding diaryl/α,β-unsaturated/α-hetero) is 1. The van der Waals surface area contributed by atoms with E-state index in [-0.39, 0.29) is 40.5 Å². The van der Waals surface area contributed by atoms with Crippen molar-refractivity contribution >= 4 is 46.5 Å². The molecule has 1 aliphatic carbocycles. The van der Waals surface area contributed by atoms with Crippen LogP contribution in [0.3, 0.4) is 0 Å². The van der Waals surface area contributed by atoms with E-state index in [0.717, 1.165) is 5.57 Å². The van der Waals surface area contributed by atoms with Gasteiger partial charge in [-0.15, -0.1) is 0 Å². The number of anilines is 2. The predicted octanol–water partition coefficient (Wildman–Crippen LogP) is 4.73. The third-order valence-electron chi connectivity index (χ3n) is 7.32. The molecule has 11 nitrogen and oxygen atoms in total. The fourth-order valence-electron chi connectivity index (χ4n) is 5.01. The molecule has 2 atom stereocenters. The zero-order chi connectivity index (χ0) is 30.0. The Morgan fingerprint density at radius 3 is 2.12 bits per heavy atom. The molecule has 0 unspecified atom stereocenters. The fourth-order valence-corrected chi connectivity index (χ4v) is 5.01. The summed E-state index contributed by atoms with van der Waals surface area (Å²) in [5.41, 5.74) is 2.39. The number of imide groups is 1. The number of hydrogen-bond acceptors (Lipinski definition) is 8. The summed E-state index contributed by atoms with van der Waals surface area (Å²) in [6.07, 6.45) is 3.13. The number of esters is 1. The molecule has 3 amide bonds. The van der Waals surface area contributed by atoms with Crippen molar-refractivity contribution in [3.05, 3.63) is 111 Å². The van der Waals surface area contributed by atoms with Crippen LogP contribution in [0.4, 0.5) is 17.1 Å². The molecule has 0 aromatic heterocycles. The Labute approximate surface area is 239 Å². The molecule has 1 N–H and O–H groups in total. The molecule has 1 fully saturated rings. The summed E-state index contributed by atoms with van der Waals surface area (Å²) in [7, 11) is 0. The van der Waals surface area contributed by atoms with Crippen LogP contribution in [0.1, 0.15) is 50.8 Å². The highest BCUT2D eigenvalue weighted by Crippen LogP contribution is 2.39. The molecule has 3 aromatic carbocycles. The van der Waals surface area contributed by atoms with Gasteiger partial charge >= 0.3 is 5.97 Å². The Balaban J connectivity index is 1.15. The monoisotopic (exact) mass is 567 g/mol. The second kappa shape index (κ2) is 11.6. The Morgan fingerprint density at radius 1 is 0.881 bits per heavy atom. The molecule has 1 saturated heterocycles. The van der Waals surface area contributed by atoms with Crippen molar-refractivity contribution in [3.8, 4) is 0 Å². The second-order valence-electron chi connectivity index (χ2n) is 10.1. The number of carbonyl (C=O) groups excluding carboxylic acids is 5. The van der Waals surface area contributed by atoms with Gasteiger partial charge in [0.15, 0.2) is 12.4 Å². The number of nitro groups is 1. The first-order valence-corrected chi connectivity index (χ1v) is 13.1. The number of hydrogen-bond donors (Lipinski definition) is 1. The number of amides is 3. The van der Waals surface area contributed by atoms with Gasteiger partial charge in [-0.05, 0) is 80.4 Å². The maximum Gasteiger partial charge on any atom is 0.338 e. The summed E-state index contributed by atoms with van der Waals surface area (Å²) in [6.45, 7) is 1.41. The molecule has 11 heteroatoms. The molecule has 1 aliphatic heterocycles. The summed E-state index contributed by atoms with van der Waals surface area (Å²) in [6, 6.07) is 17.0. The van der Waals surface area contributed by atoms with Crippen LogP contribution in [-0.2, 0) is 14.3 Å². The molecule has 3 aromatic rings. The molecule has 2 aliphatic rings. The molecule has 0 bridgehead atoms. The van der Waals surface area contributed by atoms with E-state index in [0.29, 0.717) is 29.8 Å². The van der Waals surface area contributed by atoms with Crippen LogP contribution in [-0.4, -0.2) is 41.0 Å². The number of allylic oxidation sites excluding steroid dienone is 2. The third kappa shape index (κ3) is 5.71. The summed E-state index contributed by atoms with van der Waals surface area (Å²) in [5, 5.41) is 13.4. The summed E-state index contributed by atoms with van der Waals surface area (Å²) in [5.74, 6) is -2.84. The Bertz CT molecular complexity index is 1630. The highest BCUT2D eigenvalue weighted by molar-refractivity contribution is 6.22. The number of nitro benzene ring substituents is 1. The average molecular weight is 568 g/mol. The van der Waals surface area contributed by atoms with E-state index in [1.165, 1.54) is 65.6 Å². The quantitative estimate of drug-likeness (QED) is 0.102. The zero-order valence-electron chi connectivity index (χ0n) is 22.4. The van der Waals surface area contributed by atoms with Crippen LogP contribution in [0.2, 0.25) is 0 Å². The number of nitrogens with one attached hydrogen (secondary N) is 1. The van der Waals surface area contributed by atoms with E-state index >= 15 is 0 Å². The van der Waals surface area contributed by atoms with Gasteiger partial charge in [-0.3, -0.25) is 34.2 Å². The average Bonchev–Trinajstić information content (AvgIpc) is 3.24. The van der Waals surface area contributed by atoms with E-state index in [2.05, 4.69) is 5.32 Å². The van der Waals surface area contributed by atoms with Crippen molar-refractivity contribution in [2.45, 2.75) is 19.8 Å². The van der Waals surface area contributed by atoms with Gasteiger partial charge in [0.2, 0.25) is 11.8 Å². The lowest BCUT2D eigenvalue weighted by Gasteiger charge is -2.18. The highest BCUT2D eigenvalue weighted by atomic mass is 16.6. The number of non-ortho nitro benzene ring substituents is 1. The van der Waals surface area contributed by atoms with Crippen molar-refractivity contribution in [2.75, 3.05) is 16.8 Å². The first-order chi connectivity index (χ1) is 20.1. The zero-order valence-corrected chi connectivity index (χ0v) is 22.4. The van der Waals surface area contributed by atoms with Crippen LogP contribution in [0.5, 0.6) is 0 Å². The Kier molecular flexibility index (Phi) is 7.74. The molecular weight excluding hydrogens is 542 g/mol. The maximum absolute atomic E-state index is 12.9.